The second-order valence-electron chi connectivity index (χ2n) is 6.53. The topological polar surface area (TPSA) is 76.2 Å². The molecular formula is C18H26N2O5S. The number of hydrogen-bond acceptors (Lipinski definition) is 5. The average Bonchev–Trinajstić information content (AvgIpc) is 2.95. The molecule has 2 aliphatic rings. The number of nitrogens with zero attached hydrogens (tertiary/aromatic N) is 2. The van der Waals surface area contributed by atoms with Crippen LogP contribution >= 0.6 is 0 Å². The number of benzene rings is 1. The molecule has 0 bridgehead atoms. The van der Waals surface area contributed by atoms with Gasteiger partial charge in [0.2, 0.25) is 15.9 Å². The lowest BCUT2D eigenvalue weighted by molar-refractivity contribution is -0.129. The van der Waals surface area contributed by atoms with Gasteiger partial charge in [0.15, 0.2) is 11.5 Å². The molecule has 1 aromatic rings. The SMILES string of the molecule is CCS(=O)(=O)N(CC(=O)N1CCCCCC1)c1ccc2c(c1)OCCO2. The Kier molecular flexibility index (Phi) is 5.90. The first-order chi connectivity index (χ1) is 12.5. The lowest BCUT2D eigenvalue weighted by Crippen LogP contribution is -2.44. The summed E-state index contributed by atoms with van der Waals surface area (Å²) in [6, 6.07) is 4.99. The van der Waals surface area contributed by atoms with E-state index in [0.29, 0.717) is 43.5 Å². The van der Waals surface area contributed by atoms with E-state index in [1.165, 1.54) is 4.31 Å². The first-order valence-electron chi connectivity index (χ1n) is 9.19. The number of amides is 1. The monoisotopic (exact) mass is 382 g/mol. The summed E-state index contributed by atoms with van der Waals surface area (Å²) in [7, 11) is -3.59. The number of ether oxygens (including phenoxy) is 2. The predicted octanol–water partition coefficient (Wildman–Crippen LogP) is 2.02. The van der Waals surface area contributed by atoms with Gasteiger partial charge in [0.25, 0.3) is 0 Å². The van der Waals surface area contributed by atoms with Gasteiger partial charge in [-0.1, -0.05) is 12.8 Å². The van der Waals surface area contributed by atoms with Crippen LogP contribution in [0.2, 0.25) is 0 Å². The van der Waals surface area contributed by atoms with Crippen LogP contribution in [-0.2, 0) is 14.8 Å². The molecule has 1 fully saturated rings. The van der Waals surface area contributed by atoms with Crippen molar-refractivity contribution < 1.29 is 22.7 Å². The highest BCUT2D eigenvalue weighted by Gasteiger charge is 2.27. The normalized spacial score (nSPS) is 17.5. The highest BCUT2D eigenvalue weighted by atomic mass is 32.2. The van der Waals surface area contributed by atoms with E-state index in [1.807, 2.05) is 0 Å². The molecule has 7 nitrogen and oxygen atoms in total. The van der Waals surface area contributed by atoms with Gasteiger partial charge < -0.3 is 14.4 Å². The molecule has 1 aromatic carbocycles. The number of rotatable bonds is 5. The number of carbonyl (C=O) groups is 1. The van der Waals surface area contributed by atoms with Crippen LogP contribution in [0, 0.1) is 0 Å². The molecule has 0 atom stereocenters. The largest absolute Gasteiger partial charge is 0.486 e. The minimum absolute atomic E-state index is 0.0747. The Labute approximate surface area is 154 Å². The molecule has 1 saturated heterocycles. The Morgan fingerprint density at radius 2 is 1.73 bits per heavy atom. The maximum atomic E-state index is 12.7. The van der Waals surface area contributed by atoms with Crippen molar-refractivity contribution in [2.45, 2.75) is 32.6 Å². The van der Waals surface area contributed by atoms with E-state index in [9.17, 15) is 13.2 Å². The Hall–Kier alpha value is -1.96. The molecule has 0 unspecified atom stereocenters. The van der Waals surface area contributed by atoms with E-state index < -0.39 is 10.0 Å². The van der Waals surface area contributed by atoms with Gasteiger partial charge in [0.1, 0.15) is 19.8 Å². The minimum Gasteiger partial charge on any atom is -0.486 e. The van der Waals surface area contributed by atoms with Crippen molar-refractivity contribution >= 4 is 21.6 Å². The lowest BCUT2D eigenvalue weighted by Gasteiger charge is -2.28. The van der Waals surface area contributed by atoms with Crippen LogP contribution in [0.25, 0.3) is 0 Å². The Morgan fingerprint density at radius 1 is 1.08 bits per heavy atom. The second kappa shape index (κ2) is 8.16. The van der Waals surface area contributed by atoms with Crippen LogP contribution in [-0.4, -0.2) is 57.8 Å². The summed E-state index contributed by atoms with van der Waals surface area (Å²) in [4.78, 5) is 14.5. The third kappa shape index (κ3) is 4.23. The molecule has 2 heterocycles. The highest BCUT2D eigenvalue weighted by molar-refractivity contribution is 7.92. The zero-order valence-corrected chi connectivity index (χ0v) is 16.0. The fourth-order valence-electron chi connectivity index (χ4n) is 3.24. The molecule has 0 saturated carbocycles. The molecular weight excluding hydrogens is 356 g/mol. The molecule has 8 heteroatoms. The van der Waals surface area contributed by atoms with E-state index in [-0.39, 0.29) is 18.2 Å². The van der Waals surface area contributed by atoms with E-state index in [2.05, 4.69) is 0 Å². The summed E-state index contributed by atoms with van der Waals surface area (Å²) in [6.45, 7) is 3.67. The number of carbonyl (C=O) groups excluding carboxylic acids is 1. The van der Waals surface area contributed by atoms with Crippen LogP contribution < -0.4 is 13.8 Å². The smallest absolute Gasteiger partial charge is 0.243 e. The zero-order valence-electron chi connectivity index (χ0n) is 15.1. The van der Waals surface area contributed by atoms with Gasteiger partial charge in [-0.05, 0) is 31.9 Å². The molecule has 1 amide bonds. The Balaban J connectivity index is 1.85. The van der Waals surface area contributed by atoms with Gasteiger partial charge >= 0.3 is 0 Å². The van der Waals surface area contributed by atoms with Crippen molar-refractivity contribution in [1.82, 2.24) is 4.90 Å². The Bertz CT molecular complexity index is 742. The maximum Gasteiger partial charge on any atom is 0.243 e. The van der Waals surface area contributed by atoms with Crippen molar-refractivity contribution in [2.75, 3.05) is 42.9 Å². The third-order valence-corrected chi connectivity index (χ3v) is 6.49. The lowest BCUT2D eigenvalue weighted by atomic mass is 10.2. The number of sulfonamides is 1. The van der Waals surface area contributed by atoms with Crippen molar-refractivity contribution in [3.63, 3.8) is 0 Å². The van der Waals surface area contributed by atoms with Crippen LogP contribution in [0.5, 0.6) is 11.5 Å². The van der Waals surface area contributed by atoms with E-state index >= 15 is 0 Å². The van der Waals surface area contributed by atoms with Crippen LogP contribution in [0.1, 0.15) is 32.6 Å². The van der Waals surface area contributed by atoms with E-state index in [1.54, 1.807) is 30.0 Å². The zero-order chi connectivity index (χ0) is 18.6. The quantitative estimate of drug-likeness (QED) is 0.779. The van der Waals surface area contributed by atoms with Crippen LogP contribution in [0.3, 0.4) is 0 Å². The summed E-state index contributed by atoms with van der Waals surface area (Å²) < 4.78 is 37.5. The molecule has 0 spiro atoms. The molecule has 0 aromatic heterocycles. The maximum absolute atomic E-state index is 12.7. The number of fused-ring (bicyclic) bond motifs is 1. The van der Waals surface area contributed by atoms with E-state index in [4.69, 9.17) is 9.47 Å². The average molecular weight is 382 g/mol. The third-order valence-electron chi connectivity index (χ3n) is 4.75. The van der Waals surface area contributed by atoms with Crippen molar-refractivity contribution in [2.24, 2.45) is 0 Å². The molecule has 2 aliphatic heterocycles. The molecule has 0 N–H and O–H groups in total. The standard InChI is InChI=1S/C18H26N2O5S/c1-2-26(22,23)20(14-18(21)19-9-5-3-4-6-10-19)15-7-8-16-17(13-15)25-12-11-24-16/h7-8,13H,2-6,9-12,14H2,1H3. The summed E-state index contributed by atoms with van der Waals surface area (Å²) in [6.07, 6.45) is 4.17. The van der Waals surface area contributed by atoms with Gasteiger partial charge in [0, 0.05) is 19.2 Å². The van der Waals surface area contributed by atoms with Gasteiger partial charge in [-0.2, -0.15) is 0 Å². The number of anilines is 1. The van der Waals surface area contributed by atoms with Gasteiger partial charge in [-0.25, -0.2) is 8.42 Å². The first-order valence-corrected chi connectivity index (χ1v) is 10.8. The summed E-state index contributed by atoms with van der Waals surface area (Å²) >= 11 is 0. The van der Waals surface area contributed by atoms with E-state index in [0.717, 1.165) is 25.7 Å². The first kappa shape index (κ1) is 18.8. The highest BCUT2D eigenvalue weighted by Crippen LogP contribution is 2.34. The molecule has 0 aliphatic carbocycles. The Morgan fingerprint density at radius 3 is 2.38 bits per heavy atom. The minimum atomic E-state index is -3.59. The van der Waals surface area contributed by atoms with Crippen molar-refractivity contribution in [3.8, 4) is 11.5 Å². The van der Waals surface area contributed by atoms with Crippen LogP contribution in [0.15, 0.2) is 18.2 Å². The number of likely N-dealkylation sites (tertiary alicyclic amines) is 1. The summed E-state index contributed by atoms with van der Waals surface area (Å²) in [5, 5.41) is 0. The van der Waals surface area contributed by atoms with Crippen molar-refractivity contribution in [3.05, 3.63) is 18.2 Å². The number of hydrogen-bond donors (Lipinski definition) is 0. The fraction of sp³-hybridized carbons (Fsp3) is 0.611. The second-order valence-corrected chi connectivity index (χ2v) is 8.71. The van der Waals surface area contributed by atoms with Gasteiger partial charge in [-0.15, -0.1) is 0 Å². The molecule has 3 rings (SSSR count). The van der Waals surface area contributed by atoms with Gasteiger partial charge in [0.05, 0.1) is 11.4 Å². The molecule has 0 radical (unpaired) electrons. The van der Waals surface area contributed by atoms with Gasteiger partial charge in [-0.3, -0.25) is 9.10 Å². The summed E-state index contributed by atoms with van der Waals surface area (Å²) in [5.41, 5.74) is 0.430. The van der Waals surface area contributed by atoms with Crippen LogP contribution in [0.4, 0.5) is 5.69 Å². The molecule has 144 valence electrons. The predicted molar refractivity (Wildman–Crippen MR) is 99.3 cm³/mol. The molecule has 26 heavy (non-hydrogen) atoms. The van der Waals surface area contributed by atoms with Crippen molar-refractivity contribution in [1.29, 1.82) is 0 Å². The summed E-state index contributed by atoms with van der Waals surface area (Å²) in [5.74, 6) is 0.869. The fourth-order valence-corrected chi connectivity index (χ4v) is 4.29.